The second kappa shape index (κ2) is 8.11. The molecule has 5 fully saturated rings. The standard InChI is InChI=1S/C27H38N2O3/c1-26-10-5-11-27(18-31-27)24(26)14-21-22(25(30)32-23(21)15-26)16-28-20-8-12-29(13-9-20)17-19-6-3-2-4-7-19/h2-4,6-7,20-24,28H,5,8-18H2,1H3/t21-,22-,23-,24+,26-,27+/m1/s1. The van der Waals surface area contributed by atoms with Gasteiger partial charge in [0.25, 0.3) is 0 Å². The Hall–Kier alpha value is -1.43. The van der Waals surface area contributed by atoms with E-state index in [0.29, 0.717) is 17.9 Å². The van der Waals surface area contributed by atoms with Crippen LogP contribution in [-0.2, 0) is 20.8 Å². The van der Waals surface area contributed by atoms with E-state index in [1.807, 2.05) is 0 Å². The fourth-order valence-electron chi connectivity index (χ4n) is 7.62. The van der Waals surface area contributed by atoms with E-state index in [4.69, 9.17) is 9.47 Å². The van der Waals surface area contributed by atoms with Crippen molar-refractivity contribution in [2.45, 2.75) is 76.2 Å². The Balaban J connectivity index is 1.04. The summed E-state index contributed by atoms with van der Waals surface area (Å²) in [5.41, 5.74) is 1.81. The van der Waals surface area contributed by atoms with Gasteiger partial charge < -0.3 is 14.8 Å². The summed E-state index contributed by atoms with van der Waals surface area (Å²) in [5.74, 6) is 1.03. The third-order valence-corrected chi connectivity index (χ3v) is 9.54. The number of likely N-dealkylation sites (tertiary alicyclic amines) is 1. The Kier molecular flexibility index (Phi) is 5.35. The summed E-state index contributed by atoms with van der Waals surface area (Å²) in [4.78, 5) is 15.4. The molecule has 3 saturated heterocycles. The van der Waals surface area contributed by atoms with E-state index < -0.39 is 0 Å². The van der Waals surface area contributed by atoms with Crippen LogP contribution in [0.3, 0.4) is 0 Å². The van der Waals surface area contributed by atoms with Gasteiger partial charge in [-0.25, -0.2) is 0 Å². The molecule has 1 aromatic rings. The van der Waals surface area contributed by atoms with Crippen molar-refractivity contribution in [3.8, 4) is 0 Å². The van der Waals surface area contributed by atoms with E-state index >= 15 is 0 Å². The lowest BCUT2D eigenvalue weighted by Gasteiger charge is -2.51. The van der Waals surface area contributed by atoms with Gasteiger partial charge in [0, 0.05) is 25.0 Å². The number of epoxide rings is 1. The molecule has 2 aliphatic carbocycles. The quantitative estimate of drug-likeness (QED) is 0.560. The smallest absolute Gasteiger partial charge is 0.310 e. The maximum absolute atomic E-state index is 12.9. The summed E-state index contributed by atoms with van der Waals surface area (Å²) >= 11 is 0. The second-order valence-corrected chi connectivity index (χ2v) is 11.5. The molecular weight excluding hydrogens is 400 g/mol. The number of benzene rings is 1. The van der Waals surface area contributed by atoms with Crippen LogP contribution in [0.1, 0.15) is 57.4 Å². The zero-order valence-corrected chi connectivity index (χ0v) is 19.4. The molecule has 5 aliphatic rings. The molecule has 6 rings (SSSR count). The highest BCUT2D eigenvalue weighted by Gasteiger charge is 2.65. The number of rotatable bonds is 5. The Morgan fingerprint density at radius 3 is 2.69 bits per heavy atom. The number of carbonyl (C=O) groups is 1. The van der Waals surface area contributed by atoms with Crippen molar-refractivity contribution in [2.75, 3.05) is 26.2 Å². The van der Waals surface area contributed by atoms with E-state index in [1.54, 1.807) is 0 Å². The van der Waals surface area contributed by atoms with Gasteiger partial charge in [-0.3, -0.25) is 9.69 Å². The first-order valence-electron chi connectivity index (χ1n) is 12.9. The predicted octanol–water partition coefficient (Wildman–Crippen LogP) is 3.77. The molecule has 1 spiro atoms. The first-order valence-corrected chi connectivity index (χ1v) is 12.9. The normalized spacial score (nSPS) is 41.8. The van der Waals surface area contributed by atoms with Gasteiger partial charge in [0.1, 0.15) is 6.10 Å². The van der Waals surface area contributed by atoms with Crippen LogP contribution in [-0.4, -0.2) is 54.9 Å². The van der Waals surface area contributed by atoms with E-state index in [0.717, 1.165) is 58.5 Å². The number of hydrogen-bond donors (Lipinski definition) is 1. The minimum absolute atomic E-state index is 0.0182. The molecule has 5 heteroatoms. The summed E-state index contributed by atoms with van der Waals surface area (Å²) in [6, 6.07) is 11.3. The Bertz CT molecular complexity index is 833. The van der Waals surface area contributed by atoms with Gasteiger partial charge in [-0.1, -0.05) is 37.3 Å². The first-order chi connectivity index (χ1) is 15.5. The lowest BCUT2D eigenvalue weighted by atomic mass is 9.53. The summed E-state index contributed by atoms with van der Waals surface area (Å²) < 4.78 is 12.0. The molecule has 2 saturated carbocycles. The van der Waals surface area contributed by atoms with Crippen molar-refractivity contribution in [2.24, 2.45) is 23.2 Å². The lowest BCUT2D eigenvalue weighted by molar-refractivity contribution is -0.147. The van der Waals surface area contributed by atoms with Crippen LogP contribution < -0.4 is 5.32 Å². The zero-order chi connectivity index (χ0) is 21.8. The number of ether oxygens (including phenoxy) is 2. The molecule has 6 atom stereocenters. The van der Waals surface area contributed by atoms with Gasteiger partial charge in [-0.15, -0.1) is 0 Å². The number of nitrogens with one attached hydrogen (secondary N) is 1. The molecule has 0 amide bonds. The lowest BCUT2D eigenvalue weighted by Crippen LogP contribution is -2.51. The fourth-order valence-corrected chi connectivity index (χ4v) is 7.62. The molecule has 1 aromatic carbocycles. The Morgan fingerprint density at radius 1 is 1.16 bits per heavy atom. The number of esters is 1. The van der Waals surface area contributed by atoms with Crippen LogP contribution in [0.4, 0.5) is 0 Å². The van der Waals surface area contributed by atoms with Crippen molar-refractivity contribution in [3.63, 3.8) is 0 Å². The van der Waals surface area contributed by atoms with Crippen molar-refractivity contribution < 1.29 is 14.3 Å². The topological polar surface area (TPSA) is 54.1 Å². The molecule has 1 N–H and O–H groups in total. The SMILES string of the molecule is C[C@]12CCC[C@]3(CO3)[C@H]1C[C@H]1[C@@H](C2)OC(=O)[C@@H]1CNC1CCN(Cc2ccccc2)CC1. The van der Waals surface area contributed by atoms with Crippen LogP contribution >= 0.6 is 0 Å². The van der Waals surface area contributed by atoms with Crippen LogP contribution in [0, 0.1) is 23.2 Å². The van der Waals surface area contributed by atoms with Crippen LogP contribution in [0.15, 0.2) is 30.3 Å². The molecule has 0 unspecified atom stereocenters. The summed E-state index contributed by atoms with van der Waals surface area (Å²) in [6.45, 7) is 7.42. The van der Waals surface area contributed by atoms with Crippen LogP contribution in [0.25, 0.3) is 0 Å². The van der Waals surface area contributed by atoms with E-state index in [9.17, 15) is 4.79 Å². The van der Waals surface area contributed by atoms with E-state index in [2.05, 4.69) is 47.5 Å². The molecule has 5 nitrogen and oxygen atoms in total. The minimum atomic E-state index is 0.0182. The fraction of sp³-hybridized carbons (Fsp3) is 0.741. The maximum Gasteiger partial charge on any atom is 0.310 e. The Morgan fingerprint density at radius 2 is 1.94 bits per heavy atom. The molecule has 0 aromatic heterocycles. The average molecular weight is 439 g/mol. The summed E-state index contributed by atoms with van der Waals surface area (Å²) in [6.07, 6.45) is 8.30. The minimum Gasteiger partial charge on any atom is -0.462 e. The average Bonchev–Trinajstić information content (AvgIpc) is 3.49. The molecular formula is C27H38N2O3. The predicted molar refractivity (Wildman–Crippen MR) is 123 cm³/mol. The van der Waals surface area contributed by atoms with E-state index in [1.165, 1.54) is 24.8 Å². The number of nitrogens with zero attached hydrogens (tertiary/aromatic N) is 1. The molecule has 0 bridgehead atoms. The monoisotopic (exact) mass is 438 g/mol. The molecule has 174 valence electrons. The third kappa shape index (κ3) is 3.80. The molecule has 32 heavy (non-hydrogen) atoms. The first kappa shape index (κ1) is 21.1. The largest absolute Gasteiger partial charge is 0.462 e. The van der Waals surface area contributed by atoms with Gasteiger partial charge in [-0.05, 0) is 74.9 Å². The van der Waals surface area contributed by atoms with Crippen LogP contribution in [0.5, 0.6) is 0 Å². The zero-order valence-electron chi connectivity index (χ0n) is 19.4. The summed E-state index contributed by atoms with van der Waals surface area (Å²) in [7, 11) is 0. The Labute approximate surface area is 192 Å². The van der Waals surface area contributed by atoms with Crippen molar-refractivity contribution in [1.82, 2.24) is 10.2 Å². The second-order valence-electron chi connectivity index (χ2n) is 11.5. The van der Waals surface area contributed by atoms with Gasteiger partial charge in [0.2, 0.25) is 0 Å². The summed E-state index contributed by atoms with van der Waals surface area (Å²) in [5, 5.41) is 3.77. The number of hydrogen-bond acceptors (Lipinski definition) is 5. The van der Waals surface area contributed by atoms with Crippen molar-refractivity contribution in [3.05, 3.63) is 35.9 Å². The highest BCUT2D eigenvalue weighted by Crippen LogP contribution is 2.62. The molecule has 3 heterocycles. The van der Waals surface area contributed by atoms with Crippen molar-refractivity contribution >= 4 is 5.97 Å². The van der Waals surface area contributed by atoms with Gasteiger partial charge >= 0.3 is 5.97 Å². The molecule has 3 aliphatic heterocycles. The van der Waals surface area contributed by atoms with Crippen molar-refractivity contribution in [1.29, 1.82) is 0 Å². The van der Waals surface area contributed by atoms with Gasteiger partial charge in [0.05, 0.1) is 18.1 Å². The maximum atomic E-state index is 12.9. The van der Waals surface area contributed by atoms with E-state index in [-0.39, 0.29) is 29.0 Å². The van der Waals surface area contributed by atoms with Crippen LogP contribution in [0.2, 0.25) is 0 Å². The number of fused-ring (bicyclic) bond motifs is 3. The highest BCUT2D eigenvalue weighted by molar-refractivity contribution is 5.75. The highest BCUT2D eigenvalue weighted by atomic mass is 16.6. The van der Waals surface area contributed by atoms with Gasteiger partial charge in [0.15, 0.2) is 0 Å². The molecule has 0 radical (unpaired) electrons. The number of piperidine rings is 1. The van der Waals surface area contributed by atoms with Gasteiger partial charge in [-0.2, -0.15) is 0 Å². The number of carbonyl (C=O) groups excluding carboxylic acids is 1. The third-order valence-electron chi connectivity index (χ3n) is 9.54.